The molecule has 3 aromatic rings. The number of benzene rings is 1. The predicted molar refractivity (Wildman–Crippen MR) is 106 cm³/mol. The van der Waals surface area contributed by atoms with Crippen molar-refractivity contribution in [1.82, 2.24) is 4.57 Å². The number of carbonyl (C=O) groups is 2. The van der Waals surface area contributed by atoms with Crippen molar-refractivity contribution >= 4 is 17.6 Å². The lowest BCUT2D eigenvalue weighted by Gasteiger charge is -2.10. The van der Waals surface area contributed by atoms with Crippen LogP contribution in [0, 0.1) is 18.3 Å². The third kappa shape index (κ3) is 4.12. The van der Waals surface area contributed by atoms with E-state index in [1.807, 2.05) is 6.07 Å². The number of hydrogen-bond donors (Lipinski definition) is 1. The Morgan fingerprint density at radius 1 is 1.17 bits per heavy atom. The number of methoxy groups -OCH3 is 2. The molecule has 1 amide bonds. The van der Waals surface area contributed by atoms with Crippen molar-refractivity contribution in [2.75, 3.05) is 26.1 Å². The summed E-state index contributed by atoms with van der Waals surface area (Å²) in [4.78, 5) is 24.7. The standard InChI is InChI=1S/C21H19N3O6/c1-13-19(15(11-22)20(30-13)24-8-4-5-9-24)21(26)29-12-18(25)23-14-6-7-16(27-2)17(10-14)28-3/h4-10H,12H2,1-3H3,(H,23,25). The van der Waals surface area contributed by atoms with Crippen LogP contribution in [0.1, 0.15) is 21.7 Å². The lowest BCUT2D eigenvalue weighted by molar-refractivity contribution is -0.119. The predicted octanol–water partition coefficient (Wildman–Crippen LogP) is 3.06. The van der Waals surface area contributed by atoms with Crippen LogP contribution in [-0.4, -0.2) is 37.3 Å². The van der Waals surface area contributed by atoms with Crippen LogP contribution < -0.4 is 14.8 Å². The van der Waals surface area contributed by atoms with Crippen molar-refractivity contribution in [1.29, 1.82) is 5.26 Å². The van der Waals surface area contributed by atoms with Crippen molar-refractivity contribution in [3.8, 4) is 23.5 Å². The largest absolute Gasteiger partial charge is 0.493 e. The van der Waals surface area contributed by atoms with Crippen LogP contribution >= 0.6 is 0 Å². The molecule has 0 bridgehead atoms. The molecule has 9 nitrogen and oxygen atoms in total. The van der Waals surface area contributed by atoms with E-state index in [0.29, 0.717) is 17.2 Å². The van der Waals surface area contributed by atoms with Gasteiger partial charge >= 0.3 is 5.97 Å². The molecule has 0 aliphatic carbocycles. The monoisotopic (exact) mass is 409 g/mol. The van der Waals surface area contributed by atoms with E-state index in [1.54, 1.807) is 54.2 Å². The fourth-order valence-corrected chi connectivity index (χ4v) is 2.85. The molecule has 0 unspecified atom stereocenters. The van der Waals surface area contributed by atoms with Crippen molar-refractivity contribution in [2.45, 2.75) is 6.92 Å². The number of rotatable bonds is 7. The van der Waals surface area contributed by atoms with E-state index in [0.717, 1.165) is 0 Å². The SMILES string of the molecule is COc1ccc(NC(=O)COC(=O)c2c(C)oc(-n3cccc3)c2C#N)cc1OC. The van der Waals surface area contributed by atoms with Gasteiger partial charge in [0.2, 0.25) is 5.88 Å². The summed E-state index contributed by atoms with van der Waals surface area (Å²) in [5, 5.41) is 12.1. The highest BCUT2D eigenvalue weighted by molar-refractivity contribution is 5.98. The molecule has 0 aliphatic heterocycles. The summed E-state index contributed by atoms with van der Waals surface area (Å²) < 4.78 is 22.6. The molecule has 1 N–H and O–H groups in total. The van der Waals surface area contributed by atoms with Gasteiger partial charge in [0.25, 0.3) is 5.91 Å². The molecule has 30 heavy (non-hydrogen) atoms. The van der Waals surface area contributed by atoms with E-state index in [1.165, 1.54) is 14.2 Å². The van der Waals surface area contributed by atoms with Crippen LogP contribution in [0.15, 0.2) is 47.1 Å². The first kappa shape index (κ1) is 20.5. The van der Waals surface area contributed by atoms with Gasteiger partial charge in [0, 0.05) is 24.1 Å². The van der Waals surface area contributed by atoms with Crippen molar-refractivity contribution in [3.63, 3.8) is 0 Å². The molecule has 0 aliphatic rings. The van der Waals surface area contributed by atoms with Gasteiger partial charge in [-0.2, -0.15) is 5.26 Å². The number of nitrogens with one attached hydrogen (secondary N) is 1. The molecule has 0 saturated heterocycles. The number of aryl methyl sites for hydroxylation is 1. The first-order valence-corrected chi connectivity index (χ1v) is 8.84. The van der Waals surface area contributed by atoms with Crippen molar-refractivity contribution in [3.05, 3.63) is 59.6 Å². The first-order valence-electron chi connectivity index (χ1n) is 8.84. The molecule has 1 aromatic carbocycles. The van der Waals surface area contributed by atoms with E-state index in [-0.39, 0.29) is 22.8 Å². The van der Waals surface area contributed by atoms with Crippen LogP contribution in [0.3, 0.4) is 0 Å². The molecular formula is C21H19N3O6. The van der Waals surface area contributed by atoms with Crippen LogP contribution in [0.5, 0.6) is 11.5 Å². The van der Waals surface area contributed by atoms with Gasteiger partial charge in [-0.1, -0.05) is 0 Å². The fourth-order valence-electron chi connectivity index (χ4n) is 2.85. The molecule has 154 valence electrons. The fraction of sp³-hybridized carbons (Fsp3) is 0.190. The zero-order valence-electron chi connectivity index (χ0n) is 16.6. The van der Waals surface area contributed by atoms with E-state index in [2.05, 4.69) is 5.32 Å². The average molecular weight is 409 g/mol. The van der Waals surface area contributed by atoms with Crippen molar-refractivity contribution in [2.24, 2.45) is 0 Å². The maximum atomic E-state index is 12.5. The van der Waals surface area contributed by atoms with Gasteiger partial charge in [0.05, 0.1) is 14.2 Å². The van der Waals surface area contributed by atoms with Crippen LogP contribution in [-0.2, 0) is 9.53 Å². The highest BCUT2D eigenvalue weighted by Gasteiger charge is 2.26. The molecule has 0 atom stereocenters. The quantitative estimate of drug-likeness (QED) is 0.596. The lowest BCUT2D eigenvalue weighted by atomic mass is 10.1. The number of amides is 1. The lowest BCUT2D eigenvalue weighted by Crippen LogP contribution is -2.21. The minimum Gasteiger partial charge on any atom is -0.493 e. The second kappa shape index (κ2) is 8.87. The minimum atomic E-state index is -0.825. The number of esters is 1. The number of ether oxygens (including phenoxy) is 3. The number of furan rings is 1. The second-order valence-electron chi connectivity index (χ2n) is 6.11. The minimum absolute atomic E-state index is 0.0138. The van der Waals surface area contributed by atoms with Crippen molar-refractivity contribution < 1.29 is 28.2 Å². The summed E-state index contributed by atoms with van der Waals surface area (Å²) in [5.74, 6) is 0.00853. The number of carbonyl (C=O) groups excluding carboxylic acids is 2. The second-order valence-corrected chi connectivity index (χ2v) is 6.11. The average Bonchev–Trinajstić information content (AvgIpc) is 3.39. The van der Waals surface area contributed by atoms with Gasteiger partial charge in [-0.15, -0.1) is 0 Å². The van der Waals surface area contributed by atoms with Crippen LogP contribution in [0.25, 0.3) is 5.88 Å². The van der Waals surface area contributed by atoms with Crippen LogP contribution in [0.4, 0.5) is 5.69 Å². The Bertz CT molecular complexity index is 1110. The smallest absolute Gasteiger partial charge is 0.343 e. The maximum Gasteiger partial charge on any atom is 0.343 e. The Hall–Kier alpha value is -4.19. The third-order valence-corrected chi connectivity index (χ3v) is 4.22. The zero-order valence-corrected chi connectivity index (χ0v) is 16.6. The molecule has 0 spiro atoms. The molecule has 2 heterocycles. The number of anilines is 1. The maximum absolute atomic E-state index is 12.5. The van der Waals surface area contributed by atoms with Crippen LogP contribution in [0.2, 0.25) is 0 Å². The molecule has 0 saturated carbocycles. The van der Waals surface area contributed by atoms with Gasteiger partial charge in [-0.3, -0.25) is 9.36 Å². The van der Waals surface area contributed by atoms with E-state index < -0.39 is 18.5 Å². The topological polar surface area (TPSA) is 116 Å². The third-order valence-electron chi connectivity index (χ3n) is 4.22. The highest BCUT2D eigenvalue weighted by Crippen LogP contribution is 2.30. The number of nitriles is 1. The van der Waals surface area contributed by atoms with E-state index in [9.17, 15) is 14.9 Å². The summed E-state index contributed by atoms with van der Waals surface area (Å²) in [6.07, 6.45) is 3.37. The summed E-state index contributed by atoms with van der Waals surface area (Å²) in [5.41, 5.74) is 0.468. The highest BCUT2D eigenvalue weighted by atomic mass is 16.5. The molecule has 2 aromatic heterocycles. The van der Waals surface area contributed by atoms with E-state index >= 15 is 0 Å². The molecule has 3 rings (SSSR count). The summed E-state index contributed by atoms with van der Waals surface area (Å²) in [6, 6.07) is 10.3. The Balaban J connectivity index is 1.69. The molecule has 9 heteroatoms. The Labute approximate surface area is 172 Å². The van der Waals surface area contributed by atoms with Gasteiger partial charge in [-0.25, -0.2) is 4.79 Å². The first-order chi connectivity index (χ1) is 14.5. The van der Waals surface area contributed by atoms with Gasteiger partial charge < -0.3 is 23.9 Å². The number of nitrogens with zero attached hydrogens (tertiary/aromatic N) is 2. The summed E-state index contributed by atoms with van der Waals surface area (Å²) in [7, 11) is 2.98. The molecule has 0 fully saturated rings. The number of hydrogen-bond acceptors (Lipinski definition) is 7. The Morgan fingerprint density at radius 3 is 2.50 bits per heavy atom. The summed E-state index contributed by atoms with van der Waals surface area (Å²) >= 11 is 0. The normalized spacial score (nSPS) is 10.2. The van der Waals surface area contributed by atoms with Gasteiger partial charge in [0.15, 0.2) is 18.1 Å². The Morgan fingerprint density at radius 2 is 1.87 bits per heavy atom. The zero-order chi connectivity index (χ0) is 21.7. The van der Waals surface area contributed by atoms with Gasteiger partial charge in [-0.05, 0) is 31.2 Å². The van der Waals surface area contributed by atoms with E-state index in [4.69, 9.17) is 18.6 Å². The van der Waals surface area contributed by atoms with Gasteiger partial charge in [0.1, 0.15) is 23.0 Å². The number of aromatic nitrogens is 1. The molecule has 0 radical (unpaired) electrons. The Kier molecular flexibility index (Phi) is 6.08. The molecular weight excluding hydrogens is 390 g/mol. The summed E-state index contributed by atoms with van der Waals surface area (Å²) in [6.45, 7) is 1.01.